The second-order valence-electron chi connectivity index (χ2n) is 3.94. The van der Waals surface area contributed by atoms with Crippen LogP contribution in [0.15, 0.2) is 12.4 Å². The van der Waals surface area contributed by atoms with Crippen LogP contribution in [0.5, 0.6) is 0 Å². The van der Waals surface area contributed by atoms with Crippen LogP contribution in [0.2, 0.25) is 0 Å². The molecule has 0 bridgehead atoms. The van der Waals surface area contributed by atoms with E-state index in [9.17, 15) is 16.8 Å². The first-order valence-electron chi connectivity index (χ1n) is 5.10. The topological polar surface area (TPSA) is 109 Å². The van der Waals surface area contributed by atoms with Crippen molar-refractivity contribution in [2.24, 2.45) is 0 Å². The molecule has 0 spiro atoms. The molecule has 9 heteroatoms. The molecule has 0 saturated carbocycles. The molecular formula is C8H13N3O4S2. The van der Waals surface area contributed by atoms with Gasteiger partial charge in [-0.3, -0.25) is 4.72 Å². The first-order chi connectivity index (χ1) is 7.89. The minimum atomic E-state index is -3.56. The Morgan fingerprint density at radius 1 is 1.35 bits per heavy atom. The van der Waals surface area contributed by atoms with Crippen LogP contribution >= 0.6 is 0 Å². The predicted octanol–water partition coefficient (Wildman–Crippen LogP) is -0.271. The molecule has 0 aromatic carbocycles. The monoisotopic (exact) mass is 279 g/mol. The van der Waals surface area contributed by atoms with Gasteiger partial charge in [-0.15, -0.1) is 0 Å². The van der Waals surface area contributed by atoms with Gasteiger partial charge in [0.05, 0.1) is 16.8 Å². The Labute approximate surface area is 99.6 Å². The third-order valence-electron chi connectivity index (χ3n) is 2.68. The van der Waals surface area contributed by atoms with Crippen LogP contribution in [0.1, 0.15) is 12.8 Å². The maximum absolute atomic E-state index is 11.9. The van der Waals surface area contributed by atoms with Gasteiger partial charge in [0.2, 0.25) is 16.0 Å². The summed E-state index contributed by atoms with van der Waals surface area (Å²) in [7, 11) is -6.62. The zero-order valence-electron chi connectivity index (χ0n) is 8.96. The van der Waals surface area contributed by atoms with Crippen molar-refractivity contribution in [3.63, 3.8) is 0 Å². The maximum atomic E-state index is 11.9. The molecule has 1 aromatic rings. The lowest BCUT2D eigenvalue weighted by Gasteiger charge is -2.21. The Morgan fingerprint density at radius 3 is 2.53 bits per heavy atom. The zero-order valence-corrected chi connectivity index (χ0v) is 10.6. The van der Waals surface area contributed by atoms with Gasteiger partial charge in [0.25, 0.3) is 0 Å². The number of sulfone groups is 1. The summed E-state index contributed by atoms with van der Waals surface area (Å²) in [6.07, 6.45) is 3.21. The summed E-state index contributed by atoms with van der Waals surface area (Å²) in [4.78, 5) is 6.39. The van der Waals surface area contributed by atoms with E-state index in [0.29, 0.717) is 0 Å². The summed E-state index contributed by atoms with van der Waals surface area (Å²) < 4.78 is 48.5. The second kappa shape index (κ2) is 4.30. The van der Waals surface area contributed by atoms with E-state index < -0.39 is 25.1 Å². The fourth-order valence-electron chi connectivity index (χ4n) is 1.72. The summed E-state index contributed by atoms with van der Waals surface area (Å²) in [6, 6.07) is 0. The van der Waals surface area contributed by atoms with E-state index >= 15 is 0 Å². The van der Waals surface area contributed by atoms with Crippen molar-refractivity contribution in [1.82, 2.24) is 9.97 Å². The van der Waals surface area contributed by atoms with Crippen molar-refractivity contribution in [2.45, 2.75) is 18.1 Å². The van der Waals surface area contributed by atoms with Crippen LogP contribution in [0.4, 0.5) is 5.95 Å². The minimum Gasteiger partial charge on any atom is -0.330 e. The van der Waals surface area contributed by atoms with Crippen molar-refractivity contribution >= 4 is 25.8 Å². The number of hydrogen-bond acceptors (Lipinski definition) is 5. The molecule has 7 nitrogen and oxygen atoms in total. The molecule has 1 fully saturated rings. The van der Waals surface area contributed by atoms with E-state index in [0.717, 1.165) is 0 Å². The highest BCUT2D eigenvalue weighted by Gasteiger charge is 2.33. The number of anilines is 1. The second-order valence-corrected chi connectivity index (χ2v) is 8.20. The molecule has 0 amide bonds. The summed E-state index contributed by atoms with van der Waals surface area (Å²) >= 11 is 0. The molecule has 0 aliphatic carbocycles. The van der Waals surface area contributed by atoms with Gasteiger partial charge in [0.15, 0.2) is 0 Å². The average molecular weight is 279 g/mol. The van der Waals surface area contributed by atoms with Crippen molar-refractivity contribution < 1.29 is 16.8 Å². The number of sulfonamides is 1. The van der Waals surface area contributed by atoms with Crippen molar-refractivity contribution in [2.75, 3.05) is 16.2 Å². The molecular weight excluding hydrogens is 266 g/mol. The minimum absolute atomic E-state index is 0.0727. The van der Waals surface area contributed by atoms with E-state index in [1.165, 1.54) is 12.4 Å². The highest BCUT2D eigenvalue weighted by Crippen LogP contribution is 2.20. The molecule has 2 N–H and O–H groups in total. The Hall–Kier alpha value is -1.09. The third kappa shape index (κ3) is 2.97. The van der Waals surface area contributed by atoms with E-state index in [-0.39, 0.29) is 30.3 Å². The molecule has 1 aromatic heterocycles. The van der Waals surface area contributed by atoms with Gasteiger partial charge >= 0.3 is 0 Å². The molecule has 0 radical (unpaired) electrons. The van der Waals surface area contributed by atoms with E-state index in [1.807, 2.05) is 0 Å². The predicted molar refractivity (Wildman–Crippen MR) is 62.8 cm³/mol. The fourth-order valence-corrected chi connectivity index (χ4v) is 4.91. The molecule has 1 aliphatic rings. The number of nitrogens with one attached hydrogen (secondary N) is 2. The molecule has 2 rings (SSSR count). The van der Waals surface area contributed by atoms with Crippen molar-refractivity contribution in [3.8, 4) is 0 Å². The molecule has 0 unspecified atom stereocenters. The highest BCUT2D eigenvalue weighted by atomic mass is 32.2. The lowest BCUT2D eigenvalue weighted by Crippen LogP contribution is -2.36. The van der Waals surface area contributed by atoms with E-state index in [2.05, 4.69) is 14.7 Å². The number of nitrogens with zero attached hydrogens (tertiary/aromatic N) is 1. The molecule has 2 heterocycles. The third-order valence-corrected chi connectivity index (χ3v) is 6.22. The Bertz CT molecular complexity index is 562. The first-order valence-corrected chi connectivity index (χ1v) is 8.47. The van der Waals surface area contributed by atoms with Gasteiger partial charge in [0.1, 0.15) is 9.84 Å². The van der Waals surface area contributed by atoms with Crippen LogP contribution in [0.25, 0.3) is 0 Å². The lowest BCUT2D eigenvalue weighted by atomic mass is 10.2. The zero-order chi connectivity index (χ0) is 12.5. The van der Waals surface area contributed by atoms with Crippen molar-refractivity contribution in [1.29, 1.82) is 0 Å². The fraction of sp³-hybridized carbons (Fsp3) is 0.625. The first kappa shape index (κ1) is 12.4. The number of hydrogen-bond donors (Lipinski definition) is 2. The molecule has 96 valence electrons. The summed E-state index contributed by atoms with van der Waals surface area (Å²) in [5.41, 5.74) is 0. The van der Waals surface area contributed by atoms with Gasteiger partial charge in [-0.25, -0.2) is 21.8 Å². The van der Waals surface area contributed by atoms with Crippen molar-refractivity contribution in [3.05, 3.63) is 12.4 Å². The van der Waals surface area contributed by atoms with E-state index in [4.69, 9.17) is 0 Å². The maximum Gasteiger partial charge on any atom is 0.237 e. The molecule has 0 atom stereocenters. The number of H-pyrrole nitrogens is 1. The van der Waals surface area contributed by atoms with Crippen LogP contribution in [-0.2, 0) is 19.9 Å². The van der Waals surface area contributed by atoms with Crippen LogP contribution in [0.3, 0.4) is 0 Å². The number of rotatable bonds is 3. The summed E-state index contributed by atoms with van der Waals surface area (Å²) in [6.45, 7) is 0. The lowest BCUT2D eigenvalue weighted by molar-refractivity contribution is 0.555. The van der Waals surface area contributed by atoms with E-state index in [1.54, 1.807) is 0 Å². The molecule has 1 saturated heterocycles. The summed E-state index contributed by atoms with van der Waals surface area (Å²) in [5, 5.41) is -0.670. The largest absolute Gasteiger partial charge is 0.330 e. The SMILES string of the molecule is O=S1(=O)CCC(S(=O)(=O)Nc2ncc[nH]2)CC1. The van der Waals surface area contributed by atoms with Gasteiger partial charge in [0, 0.05) is 12.4 Å². The summed E-state index contributed by atoms with van der Waals surface area (Å²) in [5.74, 6) is 0.00595. The van der Waals surface area contributed by atoms with Gasteiger partial charge < -0.3 is 4.98 Å². The van der Waals surface area contributed by atoms with Gasteiger partial charge in [-0.05, 0) is 12.8 Å². The van der Waals surface area contributed by atoms with Crippen LogP contribution in [-0.4, -0.2) is 43.6 Å². The number of imidazole rings is 1. The quantitative estimate of drug-likeness (QED) is 0.791. The Kier molecular flexibility index (Phi) is 3.13. The van der Waals surface area contributed by atoms with Gasteiger partial charge in [-0.2, -0.15) is 0 Å². The number of aromatic nitrogens is 2. The number of aromatic amines is 1. The average Bonchev–Trinajstić information content (AvgIpc) is 2.68. The Morgan fingerprint density at radius 2 is 2.00 bits per heavy atom. The molecule has 17 heavy (non-hydrogen) atoms. The Balaban J connectivity index is 2.07. The standard InChI is InChI=1S/C8H13N3O4S2/c12-16(13)5-1-7(2-6-16)17(14,15)11-8-9-3-4-10-8/h3-4,7H,1-2,5-6H2,(H2,9,10,11). The van der Waals surface area contributed by atoms with Crippen LogP contribution < -0.4 is 4.72 Å². The smallest absolute Gasteiger partial charge is 0.237 e. The normalized spacial score (nSPS) is 21.2. The molecule has 1 aliphatic heterocycles. The van der Waals surface area contributed by atoms with Crippen LogP contribution in [0, 0.1) is 0 Å². The van der Waals surface area contributed by atoms with Gasteiger partial charge in [-0.1, -0.05) is 0 Å². The highest BCUT2D eigenvalue weighted by molar-refractivity contribution is 7.94.